The molecule has 0 aliphatic rings. The van der Waals surface area contributed by atoms with Crippen molar-refractivity contribution in [1.82, 2.24) is 10.5 Å². The van der Waals surface area contributed by atoms with Crippen molar-refractivity contribution in [2.75, 3.05) is 0 Å². The number of aryl methyl sites for hydroxylation is 1. The maximum Gasteiger partial charge on any atom is 0.257 e. The number of aliphatic carboxylic acids is 1. The van der Waals surface area contributed by atoms with Crippen LogP contribution in [0.4, 0.5) is 0 Å². The second-order valence-corrected chi connectivity index (χ2v) is 6.42. The number of carboxylic acids is 1. The molecular weight excluding hydrogens is 368 g/mol. The third kappa shape index (κ3) is 4.35. The minimum Gasteiger partial charge on any atom is -0.550 e. The lowest BCUT2D eigenvalue weighted by molar-refractivity contribution is -0.306. The predicted octanol–water partition coefficient (Wildman–Crippen LogP) is 2.91. The SMILES string of the molecule is Cc1onc(-c2ccccc2)c1C(=O)N[C@@H](CC(=O)[O-])c1cccc(Cl)c1. The van der Waals surface area contributed by atoms with Crippen molar-refractivity contribution in [2.45, 2.75) is 19.4 Å². The molecule has 6 nitrogen and oxygen atoms in total. The summed E-state index contributed by atoms with van der Waals surface area (Å²) in [6, 6.07) is 15.0. The molecule has 7 heteroatoms. The molecule has 0 aliphatic heterocycles. The molecule has 0 saturated carbocycles. The second kappa shape index (κ2) is 8.05. The maximum absolute atomic E-state index is 12.9. The number of nitrogens with one attached hydrogen (secondary N) is 1. The van der Waals surface area contributed by atoms with Crippen LogP contribution in [0, 0.1) is 6.92 Å². The van der Waals surface area contributed by atoms with Crippen LogP contribution < -0.4 is 10.4 Å². The molecule has 3 aromatic rings. The monoisotopic (exact) mass is 383 g/mol. The summed E-state index contributed by atoms with van der Waals surface area (Å²) in [6.45, 7) is 1.63. The van der Waals surface area contributed by atoms with Gasteiger partial charge in [0.2, 0.25) is 0 Å². The Bertz CT molecular complexity index is 969. The van der Waals surface area contributed by atoms with E-state index in [2.05, 4.69) is 10.5 Å². The van der Waals surface area contributed by atoms with Crippen LogP contribution in [0.2, 0.25) is 5.02 Å². The first-order valence-electron chi connectivity index (χ1n) is 8.23. The lowest BCUT2D eigenvalue weighted by Crippen LogP contribution is -2.34. The van der Waals surface area contributed by atoms with Gasteiger partial charge in [0.05, 0.1) is 6.04 Å². The van der Waals surface area contributed by atoms with Crippen molar-refractivity contribution in [3.63, 3.8) is 0 Å². The van der Waals surface area contributed by atoms with Crippen LogP contribution in [0.3, 0.4) is 0 Å². The van der Waals surface area contributed by atoms with Gasteiger partial charge in [-0.25, -0.2) is 0 Å². The van der Waals surface area contributed by atoms with E-state index < -0.39 is 24.3 Å². The highest BCUT2D eigenvalue weighted by Crippen LogP contribution is 2.27. The number of carbonyl (C=O) groups is 2. The number of hydrogen-bond donors (Lipinski definition) is 1. The van der Waals surface area contributed by atoms with E-state index >= 15 is 0 Å². The van der Waals surface area contributed by atoms with E-state index in [0.29, 0.717) is 22.0 Å². The molecule has 0 radical (unpaired) electrons. The van der Waals surface area contributed by atoms with Gasteiger partial charge < -0.3 is 19.7 Å². The Morgan fingerprint density at radius 2 is 1.93 bits per heavy atom. The van der Waals surface area contributed by atoms with E-state index in [1.807, 2.05) is 30.3 Å². The predicted molar refractivity (Wildman–Crippen MR) is 98.0 cm³/mol. The van der Waals surface area contributed by atoms with Gasteiger partial charge in [0.25, 0.3) is 5.91 Å². The molecule has 138 valence electrons. The molecule has 1 atom stereocenters. The molecule has 0 spiro atoms. The standard InChI is InChI=1S/C20H17ClN2O4/c1-12-18(19(23-27-12)13-6-3-2-4-7-13)20(26)22-16(11-17(24)25)14-8-5-9-15(21)10-14/h2-10,16H,11H2,1H3,(H,22,26)(H,24,25)/p-1/t16-/m0/s1. The molecule has 1 amide bonds. The molecule has 1 heterocycles. The van der Waals surface area contributed by atoms with Crippen LogP contribution >= 0.6 is 11.6 Å². The smallest absolute Gasteiger partial charge is 0.257 e. The van der Waals surface area contributed by atoms with E-state index in [4.69, 9.17) is 16.1 Å². The van der Waals surface area contributed by atoms with E-state index in [1.165, 1.54) is 0 Å². The van der Waals surface area contributed by atoms with Gasteiger partial charge in [-0.2, -0.15) is 0 Å². The molecular formula is C20H16ClN2O4-. The molecule has 3 rings (SSSR count). The van der Waals surface area contributed by atoms with Gasteiger partial charge in [-0.05, 0) is 24.6 Å². The van der Waals surface area contributed by atoms with Gasteiger partial charge in [0, 0.05) is 23.0 Å². The fourth-order valence-electron chi connectivity index (χ4n) is 2.81. The number of nitrogens with zero attached hydrogens (tertiary/aromatic N) is 1. The van der Waals surface area contributed by atoms with Crippen LogP contribution in [0.15, 0.2) is 59.1 Å². The Hall–Kier alpha value is -3.12. The summed E-state index contributed by atoms with van der Waals surface area (Å²) < 4.78 is 5.20. The van der Waals surface area contributed by atoms with Crippen LogP contribution in [-0.2, 0) is 4.79 Å². The zero-order valence-electron chi connectivity index (χ0n) is 14.4. The Morgan fingerprint density at radius 3 is 2.59 bits per heavy atom. The molecule has 2 aromatic carbocycles. The number of halogens is 1. The van der Waals surface area contributed by atoms with Crippen molar-refractivity contribution in [3.05, 3.63) is 76.5 Å². The van der Waals surface area contributed by atoms with Gasteiger partial charge in [-0.1, -0.05) is 59.2 Å². The number of amides is 1. The van der Waals surface area contributed by atoms with E-state index in [9.17, 15) is 14.7 Å². The number of rotatable bonds is 6. The summed E-state index contributed by atoms with van der Waals surface area (Å²) >= 11 is 5.99. The molecule has 0 bridgehead atoms. The lowest BCUT2D eigenvalue weighted by Gasteiger charge is -2.20. The largest absolute Gasteiger partial charge is 0.550 e. The molecule has 27 heavy (non-hydrogen) atoms. The third-order valence-electron chi connectivity index (χ3n) is 4.06. The Labute approximate surface area is 160 Å². The van der Waals surface area contributed by atoms with Crippen molar-refractivity contribution in [2.24, 2.45) is 0 Å². The summed E-state index contributed by atoms with van der Waals surface area (Å²) in [5.74, 6) is -1.44. The number of benzene rings is 2. The zero-order valence-corrected chi connectivity index (χ0v) is 15.2. The average molecular weight is 384 g/mol. The maximum atomic E-state index is 12.9. The molecule has 1 N–H and O–H groups in total. The number of aromatic nitrogens is 1. The topological polar surface area (TPSA) is 95.3 Å². The number of hydrogen-bond acceptors (Lipinski definition) is 5. The lowest BCUT2D eigenvalue weighted by atomic mass is 10.0. The van der Waals surface area contributed by atoms with Gasteiger partial charge in [0.1, 0.15) is 17.0 Å². The molecule has 0 fully saturated rings. The van der Waals surface area contributed by atoms with Gasteiger partial charge in [0.15, 0.2) is 0 Å². The quantitative estimate of drug-likeness (QED) is 0.706. The first-order valence-corrected chi connectivity index (χ1v) is 8.61. The van der Waals surface area contributed by atoms with Gasteiger partial charge in [-0.15, -0.1) is 0 Å². The summed E-state index contributed by atoms with van der Waals surface area (Å²) in [4.78, 5) is 24.1. The van der Waals surface area contributed by atoms with Crippen molar-refractivity contribution in [1.29, 1.82) is 0 Å². The number of carbonyl (C=O) groups excluding carboxylic acids is 2. The van der Waals surface area contributed by atoms with Crippen molar-refractivity contribution >= 4 is 23.5 Å². The van der Waals surface area contributed by atoms with E-state index in [-0.39, 0.29) is 5.56 Å². The third-order valence-corrected chi connectivity index (χ3v) is 4.30. The van der Waals surface area contributed by atoms with Crippen LogP contribution in [0.5, 0.6) is 0 Å². The normalized spacial score (nSPS) is 11.8. The van der Waals surface area contributed by atoms with Crippen LogP contribution in [-0.4, -0.2) is 17.0 Å². The number of carboxylic acid groups (broad SMARTS) is 1. The van der Waals surface area contributed by atoms with Crippen LogP contribution in [0.1, 0.15) is 34.1 Å². The Morgan fingerprint density at radius 1 is 1.19 bits per heavy atom. The van der Waals surface area contributed by atoms with E-state index in [0.717, 1.165) is 5.56 Å². The fourth-order valence-corrected chi connectivity index (χ4v) is 3.00. The minimum atomic E-state index is -1.29. The zero-order chi connectivity index (χ0) is 19.4. The average Bonchev–Trinajstić information content (AvgIpc) is 3.03. The Kier molecular flexibility index (Phi) is 5.57. The highest BCUT2D eigenvalue weighted by atomic mass is 35.5. The molecule has 1 aromatic heterocycles. The van der Waals surface area contributed by atoms with Crippen molar-refractivity contribution < 1.29 is 19.2 Å². The highest BCUT2D eigenvalue weighted by Gasteiger charge is 2.24. The van der Waals surface area contributed by atoms with Crippen LogP contribution in [0.25, 0.3) is 11.3 Å². The molecule has 0 saturated heterocycles. The second-order valence-electron chi connectivity index (χ2n) is 5.99. The minimum absolute atomic E-state index is 0.256. The first-order chi connectivity index (χ1) is 13.0. The summed E-state index contributed by atoms with van der Waals surface area (Å²) in [6.07, 6.45) is -0.392. The van der Waals surface area contributed by atoms with Gasteiger partial charge in [-0.3, -0.25) is 4.79 Å². The summed E-state index contributed by atoms with van der Waals surface area (Å²) in [5, 5.41) is 18.3. The molecule has 0 unspecified atom stereocenters. The molecule has 0 aliphatic carbocycles. The first kappa shape index (κ1) is 18.7. The highest BCUT2D eigenvalue weighted by molar-refractivity contribution is 6.30. The Balaban J connectivity index is 1.93. The van der Waals surface area contributed by atoms with Gasteiger partial charge >= 0.3 is 0 Å². The summed E-state index contributed by atoms with van der Waals surface area (Å²) in [7, 11) is 0. The fraction of sp³-hybridized carbons (Fsp3) is 0.150. The summed E-state index contributed by atoms with van der Waals surface area (Å²) in [5.41, 5.74) is 1.93. The van der Waals surface area contributed by atoms with E-state index in [1.54, 1.807) is 31.2 Å². The van der Waals surface area contributed by atoms with Crippen molar-refractivity contribution in [3.8, 4) is 11.3 Å².